The van der Waals surface area contributed by atoms with Gasteiger partial charge < -0.3 is 19.5 Å². The molecule has 0 aliphatic heterocycles. The highest BCUT2D eigenvalue weighted by molar-refractivity contribution is 5.67. The molecule has 0 heterocycles. The van der Waals surface area contributed by atoms with Crippen molar-refractivity contribution in [1.29, 1.82) is 0 Å². The summed E-state index contributed by atoms with van der Waals surface area (Å²) in [6.45, 7) is 14.9. The van der Waals surface area contributed by atoms with Gasteiger partial charge in [-0.3, -0.25) is 0 Å². The predicted octanol–water partition coefficient (Wildman–Crippen LogP) is 15.5. The zero-order valence-electron chi connectivity index (χ0n) is 36.7. The normalized spacial score (nSPS) is 12.2. The Morgan fingerprint density at radius 3 is 1.23 bits per heavy atom. The SMILES string of the molecule is CCCCCCCCCCCCCCCCC(CCCCCCCCCCCCCCCC)COC(=O)NCCCC(C)(C)OCCC(C)(C)OC. The van der Waals surface area contributed by atoms with Gasteiger partial charge in [0.2, 0.25) is 0 Å². The van der Waals surface area contributed by atoms with E-state index in [1.54, 1.807) is 7.11 Å². The minimum atomic E-state index is -0.257. The van der Waals surface area contributed by atoms with Crippen molar-refractivity contribution in [3.05, 3.63) is 0 Å². The summed E-state index contributed by atoms with van der Waals surface area (Å²) in [5, 5.41) is 3.00. The van der Waals surface area contributed by atoms with E-state index in [1.807, 2.05) is 0 Å². The molecular formula is C47H95NO4. The van der Waals surface area contributed by atoms with E-state index >= 15 is 0 Å². The van der Waals surface area contributed by atoms with Crippen LogP contribution in [0.4, 0.5) is 4.79 Å². The van der Waals surface area contributed by atoms with E-state index in [2.05, 4.69) is 46.9 Å². The fraction of sp³-hybridized carbons (Fsp3) is 0.979. The lowest BCUT2D eigenvalue weighted by Gasteiger charge is -2.29. The minimum Gasteiger partial charge on any atom is -0.449 e. The summed E-state index contributed by atoms with van der Waals surface area (Å²) < 4.78 is 17.4. The second-order valence-electron chi connectivity index (χ2n) is 17.6. The highest BCUT2D eigenvalue weighted by atomic mass is 16.5. The zero-order chi connectivity index (χ0) is 38.4. The van der Waals surface area contributed by atoms with Crippen molar-refractivity contribution in [2.45, 2.75) is 265 Å². The molecule has 0 saturated heterocycles. The van der Waals surface area contributed by atoms with E-state index in [-0.39, 0.29) is 17.3 Å². The highest BCUT2D eigenvalue weighted by Crippen LogP contribution is 2.22. The van der Waals surface area contributed by atoms with Gasteiger partial charge in [-0.15, -0.1) is 0 Å². The van der Waals surface area contributed by atoms with Crippen LogP contribution in [0.5, 0.6) is 0 Å². The molecule has 0 aromatic heterocycles. The third-order valence-electron chi connectivity index (χ3n) is 11.4. The van der Waals surface area contributed by atoms with Gasteiger partial charge in [0.25, 0.3) is 0 Å². The number of alkyl carbamates (subject to hydrolysis) is 1. The summed E-state index contributed by atoms with van der Waals surface area (Å²) in [6, 6.07) is 0. The van der Waals surface area contributed by atoms with Gasteiger partial charge in [0.05, 0.1) is 24.4 Å². The Labute approximate surface area is 327 Å². The number of carbonyl (C=O) groups is 1. The van der Waals surface area contributed by atoms with E-state index in [0.717, 1.165) is 19.3 Å². The fourth-order valence-corrected chi connectivity index (χ4v) is 7.26. The van der Waals surface area contributed by atoms with Gasteiger partial charge in [-0.25, -0.2) is 4.79 Å². The first-order chi connectivity index (χ1) is 25.2. The molecule has 0 atom stereocenters. The summed E-state index contributed by atoms with van der Waals surface area (Å²) in [7, 11) is 1.75. The third-order valence-corrected chi connectivity index (χ3v) is 11.4. The summed E-state index contributed by atoms with van der Waals surface area (Å²) in [6.07, 6.45) is 43.7. The Balaban J connectivity index is 4.27. The van der Waals surface area contributed by atoms with Crippen molar-refractivity contribution in [2.24, 2.45) is 5.92 Å². The Morgan fingerprint density at radius 1 is 0.500 bits per heavy atom. The molecule has 1 amide bonds. The molecule has 0 rings (SSSR count). The largest absolute Gasteiger partial charge is 0.449 e. The predicted molar refractivity (Wildman–Crippen MR) is 228 cm³/mol. The van der Waals surface area contributed by atoms with Crippen LogP contribution in [0.2, 0.25) is 0 Å². The van der Waals surface area contributed by atoms with Crippen molar-refractivity contribution >= 4 is 6.09 Å². The molecule has 5 nitrogen and oxygen atoms in total. The first-order valence-electron chi connectivity index (χ1n) is 23.3. The van der Waals surface area contributed by atoms with Gasteiger partial charge in [0, 0.05) is 13.7 Å². The summed E-state index contributed by atoms with van der Waals surface area (Å²) in [5.41, 5.74) is -0.389. The molecule has 0 aromatic rings. The molecule has 0 aliphatic rings. The van der Waals surface area contributed by atoms with Gasteiger partial charge >= 0.3 is 6.09 Å². The van der Waals surface area contributed by atoms with E-state index in [0.29, 0.717) is 25.7 Å². The second-order valence-corrected chi connectivity index (χ2v) is 17.6. The van der Waals surface area contributed by atoms with Crippen LogP contribution in [0.25, 0.3) is 0 Å². The zero-order valence-corrected chi connectivity index (χ0v) is 36.7. The van der Waals surface area contributed by atoms with Crippen LogP contribution in [-0.2, 0) is 14.2 Å². The van der Waals surface area contributed by atoms with Crippen molar-refractivity contribution in [3.8, 4) is 0 Å². The van der Waals surface area contributed by atoms with Gasteiger partial charge in [0.1, 0.15) is 0 Å². The van der Waals surface area contributed by atoms with Crippen molar-refractivity contribution in [3.63, 3.8) is 0 Å². The van der Waals surface area contributed by atoms with Gasteiger partial charge in [-0.05, 0) is 65.7 Å². The maximum Gasteiger partial charge on any atom is 0.407 e. The van der Waals surface area contributed by atoms with E-state index in [4.69, 9.17) is 14.2 Å². The van der Waals surface area contributed by atoms with Crippen LogP contribution < -0.4 is 5.32 Å². The maximum absolute atomic E-state index is 12.6. The highest BCUT2D eigenvalue weighted by Gasteiger charge is 2.22. The van der Waals surface area contributed by atoms with E-state index < -0.39 is 0 Å². The molecule has 0 bridgehead atoms. The fourth-order valence-electron chi connectivity index (χ4n) is 7.26. The molecule has 0 aliphatic carbocycles. The maximum atomic E-state index is 12.6. The van der Waals surface area contributed by atoms with Crippen LogP contribution >= 0.6 is 0 Å². The number of hydrogen-bond acceptors (Lipinski definition) is 4. The van der Waals surface area contributed by atoms with Crippen LogP contribution in [0.15, 0.2) is 0 Å². The molecule has 0 spiro atoms. The topological polar surface area (TPSA) is 56.8 Å². The molecule has 0 radical (unpaired) electrons. The quantitative estimate of drug-likeness (QED) is 0.0635. The number of carbonyl (C=O) groups excluding carboxylic acids is 1. The van der Waals surface area contributed by atoms with Crippen LogP contribution in [0.1, 0.15) is 253 Å². The van der Waals surface area contributed by atoms with Crippen LogP contribution in [-0.4, -0.2) is 44.2 Å². The standard InChI is InChI=1S/C47H95NO4/c1-8-10-12-14-16-18-20-22-24-26-28-30-32-34-37-44(38-35-33-31-29-27-25-23-21-19-17-15-13-11-9-2)43-51-45(49)48-41-36-39-47(5,6)52-42-40-46(3,4)50-7/h44H,8-43H2,1-7H3,(H,48,49). The molecular weight excluding hydrogens is 643 g/mol. The monoisotopic (exact) mass is 738 g/mol. The Hall–Kier alpha value is -0.810. The molecule has 0 aromatic carbocycles. The van der Waals surface area contributed by atoms with Crippen molar-refractivity contribution in [2.75, 3.05) is 26.9 Å². The van der Waals surface area contributed by atoms with Crippen LogP contribution in [0, 0.1) is 5.92 Å². The van der Waals surface area contributed by atoms with Crippen molar-refractivity contribution in [1.82, 2.24) is 5.32 Å². The molecule has 0 fully saturated rings. The number of nitrogens with one attached hydrogen (secondary N) is 1. The molecule has 312 valence electrons. The smallest absolute Gasteiger partial charge is 0.407 e. The number of hydrogen-bond donors (Lipinski definition) is 1. The minimum absolute atomic E-state index is 0.169. The molecule has 52 heavy (non-hydrogen) atoms. The summed E-state index contributed by atoms with van der Waals surface area (Å²) in [5.74, 6) is 0.490. The number of ether oxygens (including phenoxy) is 3. The Morgan fingerprint density at radius 2 is 0.865 bits per heavy atom. The lowest BCUT2D eigenvalue weighted by atomic mass is 9.94. The number of amides is 1. The summed E-state index contributed by atoms with van der Waals surface area (Å²) >= 11 is 0. The number of rotatable bonds is 41. The first kappa shape index (κ1) is 51.2. The average Bonchev–Trinajstić information content (AvgIpc) is 3.12. The lowest BCUT2D eigenvalue weighted by molar-refractivity contribution is -0.0616. The molecule has 0 unspecified atom stereocenters. The first-order valence-corrected chi connectivity index (χ1v) is 23.3. The lowest BCUT2D eigenvalue weighted by Crippen LogP contribution is -2.32. The summed E-state index contributed by atoms with van der Waals surface area (Å²) in [4.78, 5) is 12.6. The average molecular weight is 738 g/mol. The number of methoxy groups -OCH3 is 1. The van der Waals surface area contributed by atoms with E-state index in [9.17, 15) is 4.79 Å². The number of unbranched alkanes of at least 4 members (excludes halogenated alkanes) is 26. The second kappa shape index (κ2) is 37.1. The third kappa shape index (κ3) is 37.5. The molecule has 1 N–H and O–H groups in total. The molecule has 5 heteroatoms. The van der Waals surface area contributed by atoms with Crippen LogP contribution in [0.3, 0.4) is 0 Å². The van der Waals surface area contributed by atoms with Gasteiger partial charge in [-0.1, -0.05) is 194 Å². The van der Waals surface area contributed by atoms with Crippen molar-refractivity contribution < 1.29 is 19.0 Å². The van der Waals surface area contributed by atoms with Gasteiger partial charge in [0.15, 0.2) is 0 Å². The van der Waals surface area contributed by atoms with E-state index in [1.165, 1.54) is 193 Å². The van der Waals surface area contributed by atoms with Gasteiger partial charge in [-0.2, -0.15) is 0 Å². The Bertz CT molecular complexity index is 707. The molecule has 0 saturated carbocycles. The Kier molecular flexibility index (Phi) is 36.6.